The van der Waals surface area contributed by atoms with Gasteiger partial charge in [-0.15, -0.1) is 0 Å². The molecule has 0 spiro atoms. The summed E-state index contributed by atoms with van der Waals surface area (Å²) in [5.74, 6) is -0.364. The van der Waals surface area contributed by atoms with E-state index in [4.69, 9.17) is 4.74 Å². The topological polar surface area (TPSA) is 21.3 Å². The van der Waals surface area contributed by atoms with E-state index in [1.165, 1.54) is 12.1 Å². The van der Waals surface area contributed by atoms with Crippen LogP contribution >= 0.6 is 0 Å². The van der Waals surface area contributed by atoms with Gasteiger partial charge in [0.2, 0.25) is 0 Å². The maximum Gasteiger partial charge on any atom is 0.134 e. The summed E-state index contributed by atoms with van der Waals surface area (Å²) in [5, 5.41) is 2.96. The highest BCUT2D eigenvalue weighted by atomic mass is 19.1. The Morgan fingerprint density at radius 1 is 1.05 bits per heavy atom. The fourth-order valence-electron chi connectivity index (χ4n) is 2.22. The number of benzene rings is 2. The van der Waals surface area contributed by atoms with Crippen LogP contribution in [0.1, 0.15) is 22.7 Å². The summed E-state index contributed by atoms with van der Waals surface area (Å²) in [6.07, 6.45) is 0. The van der Waals surface area contributed by atoms with E-state index < -0.39 is 17.7 Å². The van der Waals surface area contributed by atoms with Gasteiger partial charge in [-0.1, -0.05) is 18.2 Å². The van der Waals surface area contributed by atoms with Gasteiger partial charge in [-0.2, -0.15) is 0 Å². The predicted molar refractivity (Wildman–Crippen MR) is 75.0 cm³/mol. The lowest BCUT2D eigenvalue weighted by Crippen LogP contribution is -2.20. The Labute approximate surface area is 117 Å². The lowest BCUT2D eigenvalue weighted by Gasteiger charge is -2.19. The third-order valence-electron chi connectivity index (χ3n) is 3.35. The first kappa shape index (κ1) is 14.5. The fraction of sp³-hybridized carbons (Fsp3) is 0.250. The van der Waals surface area contributed by atoms with Gasteiger partial charge in [0.25, 0.3) is 0 Å². The van der Waals surface area contributed by atoms with Gasteiger partial charge in [-0.25, -0.2) is 8.78 Å². The summed E-state index contributed by atoms with van der Waals surface area (Å²) < 4.78 is 33.3. The molecule has 0 radical (unpaired) electrons. The number of nitrogens with one attached hydrogen (secondary N) is 1. The molecule has 4 heteroatoms. The normalized spacial score (nSPS) is 12.2. The summed E-state index contributed by atoms with van der Waals surface area (Å²) >= 11 is 0. The summed E-state index contributed by atoms with van der Waals surface area (Å²) in [6, 6.07) is 9.32. The number of rotatable bonds is 4. The number of ether oxygens (including phenoxy) is 1. The summed E-state index contributed by atoms with van der Waals surface area (Å²) in [5.41, 5.74) is 1.24. The molecule has 0 heterocycles. The number of hydrogen-bond acceptors (Lipinski definition) is 2. The van der Waals surface area contributed by atoms with Crippen LogP contribution in [0.5, 0.6) is 5.75 Å². The first-order valence-electron chi connectivity index (χ1n) is 6.34. The molecule has 0 saturated carbocycles. The molecule has 0 aliphatic rings. The van der Waals surface area contributed by atoms with Crippen LogP contribution in [0.4, 0.5) is 8.78 Å². The van der Waals surface area contributed by atoms with Crippen LogP contribution in [0.25, 0.3) is 0 Å². The minimum absolute atomic E-state index is 0.0395. The average molecular weight is 277 g/mol. The molecule has 2 rings (SSSR count). The first-order chi connectivity index (χ1) is 9.58. The molecule has 0 amide bonds. The van der Waals surface area contributed by atoms with Crippen molar-refractivity contribution in [3.05, 3.63) is 64.7 Å². The molecule has 0 fully saturated rings. The number of halogens is 2. The smallest absolute Gasteiger partial charge is 0.134 e. The van der Waals surface area contributed by atoms with Crippen LogP contribution in [-0.2, 0) is 0 Å². The Kier molecular flexibility index (Phi) is 4.35. The van der Waals surface area contributed by atoms with Crippen molar-refractivity contribution in [3.63, 3.8) is 0 Å². The van der Waals surface area contributed by atoms with E-state index in [0.717, 1.165) is 5.56 Å². The zero-order valence-corrected chi connectivity index (χ0v) is 11.7. The van der Waals surface area contributed by atoms with E-state index >= 15 is 0 Å². The van der Waals surface area contributed by atoms with E-state index in [0.29, 0.717) is 11.3 Å². The molecule has 1 N–H and O–H groups in total. The maximum absolute atomic E-state index is 14.2. The summed E-state index contributed by atoms with van der Waals surface area (Å²) in [4.78, 5) is 0. The Morgan fingerprint density at radius 3 is 2.25 bits per heavy atom. The Balaban J connectivity index is 2.49. The standard InChI is InChI=1S/C16H17F2NO/c1-10-4-9-13(17)14(15(10)18)16(19-2)11-5-7-12(20-3)8-6-11/h4-9,16,19H,1-3H3. The van der Waals surface area contributed by atoms with Crippen molar-refractivity contribution < 1.29 is 13.5 Å². The largest absolute Gasteiger partial charge is 0.497 e. The molecule has 1 atom stereocenters. The quantitative estimate of drug-likeness (QED) is 0.922. The van der Waals surface area contributed by atoms with Gasteiger partial charge in [0.15, 0.2) is 0 Å². The molecule has 2 aromatic carbocycles. The second-order valence-corrected chi connectivity index (χ2v) is 4.59. The highest BCUT2D eigenvalue weighted by molar-refractivity contribution is 5.38. The van der Waals surface area contributed by atoms with Gasteiger partial charge in [0, 0.05) is 5.56 Å². The Morgan fingerprint density at radius 2 is 1.70 bits per heavy atom. The lowest BCUT2D eigenvalue weighted by atomic mass is 9.96. The number of hydrogen-bond donors (Lipinski definition) is 1. The lowest BCUT2D eigenvalue weighted by molar-refractivity contribution is 0.414. The Bertz CT molecular complexity index is 596. The molecule has 0 aliphatic carbocycles. The molecular weight excluding hydrogens is 260 g/mol. The van der Waals surface area contributed by atoms with Crippen molar-refractivity contribution in [2.75, 3.05) is 14.2 Å². The zero-order valence-electron chi connectivity index (χ0n) is 11.7. The van der Waals surface area contributed by atoms with E-state index in [1.54, 1.807) is 45.3 Å². The molecular formula is C16H17F2NO. The monoisotopic (exact) mass is 277 g/mol. The second-order valence-electron chi connectivity index (χ2n) is 4.59. The minimum atomic E-state index is -0.553. The SMILES string of the molecule is CNC(c1ccc(OC)cc1)c1c(F)ccc(C)c1F. The van der Waals surface area contributed by atoms with Gasteiger partial charge >= 0.3 is 0 Å². The molecule has 0 bridgehead atoms. The van der Waals surface area contributed by atoms with Gasteiger partial charge in [-0.3, -0.25) is 0 Å². The van der Waals surface area contributed by atoms with Crippen molar-refractivity contribution in [2.24, 2.45) is 0 Å². The Hall–Kier alpha value is -1.94. The van der Waals surface area contributed by atoms with E-state index in [-0.39, 0.29) is 5.56 Å². The molecule has 2 aromatic rings. The van der Waals surface area contributed by atoms with E-state index in [9.17, 15) is 8.78 Å². The van der Waals surface area contributed by atoms with Gasteiger partial charge in [-0.05, 0) is 43.3 Å². The van der Waals surface area contributed by atoms with Crippen molar-refractivity contribution in [1.82, 2.24) is 5.32 Å². The van der Waals surface area contributed by atoms with Gasteiger partial charge < -0.3 is 10.1 Å². The molecule has 0 aliphatic heterocycles. The highest BCUT2D eigenvalue weighted by Gasteiger charge is 2.21. The predicted octanol–water partition coefficient (Wildman–Crippen LogP) is 3.59. The van der Waals surface area contributed by atoms with Crippen molar-refractivity contribution in [1.29, 1.82) is 0 Å². The molecule has 2 nitrogen and oxygen atoms in total. The van der Waals surface area contributed by atoms with Crippen molar-refractivity contribution in [3.8, 4) is 5.75 Å². The second kappa shape index (κ2) is 6.01. The van der Waals surface area contributed by atoms with Gasteiger partial charge in [0.1, 0.15) is 17.4 Å². The fourth-order valence-corrected chi connectivity index (χ4v) is 2.22. The third-order valence-corrected chi connectivity index (χ3v) is 3.35. The zero-order chi connectivity index (χ0) is 14.7. The summed E-state index contributed by atoms with van der Waals surface area (Å²) in [6.45, 7) is 1.62. The van der Waals surface area contributed by atoms with E-state index in [2.05, 4.69) is 5.32 Å². The number of methoxy groups -OCH3 is 1. The summed E-state index contributed by atoms with van der Waals surface area (Å²) in [7, 11) is 3.25. The molecule has 0 aromatic heterocycles. The number of aryl methyl sites for hydroxylation is 1. The van der Waals surface area contributed by atoms with E-state index in [1.807, 2.05) is 0 Å². The molecule has 106 valence electrons. The van der Waals surface area contributed by atoms with Crippen molar-refractivity contribution >= 4 is 0 Å². The maximum atomic E-state index is 14.2. The minimum Gasteiger partial charge on any atom is -0.497 e. The van der Waals surface area contributed by atoms with Crippen LogP contribution in [0.2, 0.25) is 0 Å². The molecule has 1 unspecified atom stereocenters. The molecule has 0 saturated heterocycles. The molecule has 20 heavy (non-hydrogen) atoms. The van der Waals surface area contributed by atoms with Crippen LogP contribution in [-0.4, -0.2) is 14.2 Å². The average Bonchev–Trinajstić information content (AvgIpc) is 2.48. The van der Waals surface area contributed by atoms with Gasteiger partial charge in [0.05, 0.1) is 13.2 Å². The van der Waals surface area contributed by atoms with Crippen LogP contribution in [0.15, 0.2) is 36.4 Å². The van der Waals surface area contributed by atoms with Crippen LogP contribution in [0.3, 0.4) is 0 Å². The highest BCUT2D eigenvalue weighted by Crippen LogP contribution is 2.29. The van der Waals surface area contributed by atoms with Crippen molar-refractivity contribution in [2.45, 2.75) is 13.0 Å². The third kappa shape index (κ3) is 2.65. The van der Waals surface area contributed by atoms with Crippen LogP contribution in [0, 0.1) is 18.6 Å². The first-order valence-corrected chi connectivity index (χ1v) is 6.34. The van der Waals surface area contributed by atoms with Crippen LogP contribution < -0.4 is 10.1 Å².